The smallest absolute Gasteiger partial charge is 0.269 e. The number of hydrogen-bond acceptors (Lipinski definition) is 3. The molecule has 3 N–H and O–H groups in total. The van der Waals surface area contributed by atoms with E-state index in [9.17, 15) is 4.79 Å². The molecule has 0 saturated heterocycles. The third-order valence-electron chi connectivity index (χ3n) is 6.10. The Hall–Kier alpha value is -3.64. The highest BCUT2D eigenvalue weighted by Crippen LogP contribution is 2.24. The summed E-state index contributed by atoms with van der Waals surface area (Å²) in [5, 5.41) is 8.92. The maximum Gasteiger partial charge on any atom is 0.269 e. The van der Waals surface area contributed by atoms with E-state index in [0.29, 0.717) is 0 Å². The zero-order valence-electron chi connectivity index (χ0n) is 18.2. The minimum absolute atomic E-state index is 0.277. The zero-order chi connectivity index (χ0) is 22.1. The van der Waals surface area contributed by atoms with Crippen LogP contribution in [-0.4, -0.2) is 33.3 Å². The number of amides is 1. The maximum absolute atomic E-state index is 11.5. The molecule has 0 spiro atoms. The number of nitrogens with zero attached hydrogens (tertiary/aromatic N) is 3. The SMILES string of the molecule is Cc1cc(C(N)=O)nn1-c1ccc2c(ccn2Cc2ccc(C3=CCCNCC3)cc2)c1. The molecule has 1 amide bonds. The number of aromatic nitrogens is 3. The normalized spacial score (nSPS) is 14.3. The highest BCUT2D eigenvalue weighted by molar-refractivity contribution is 5.91. The molecular formula is C26H27N5O. The quantitative estimate of drug-likeness (QED) is 0.506. The van der Waals surface area contributed by atoms with Crippen LogP contribution in [-0.2, 0) is 6.54 Å². The van der Waals surface area contributed by atoms with Crippen molar-refractivity contribution in [3.05, 3.63) is 89.4 Å². The average Bonchev–Trinajstić information content (AvgIpc) is 3.26. The minimum Gasteiger partial charge on any atom is -0.364 e. The van der Waals surface area contributed by atoms with E-state index in [2.05, 4.69) is 69.7 Å². The first-order chi connectivity index (χ1) is 15.6. The summed E-state index contributed by atoms with van der Waals surface area (Å²) in [6, 6.07) is 19.0. The lowest BCUT2D eigenvalue weighted by molar-refractivity contribution is 0.0995. The summed E-state index contributed by atoms with van der Waals surface area (Å²) in [4.78, 5) is 11.5. The van der Waals surface area contributed by atoms with Crippen LogP contribution < -0.4 is 11.1 Å². The highest BCUT2D eigenvalue weighted by Gasteiger charge is 2.12. The van der Waals surface area contributed by atoms with E-state index < -0.39 is 5.91 Å². The summed E-state index contributed by atoms with van der Waals surface area (Å²) < 4.78 is 4.01. The molecule has 0 fully saturated rings. The predicted octanol–water partition coefficient (Wildman–Crippen LogP) is 4.05. The molecule has 0 bridgehead atoms. The molecule has 5 rings (SSSR count). The minimum atomic E-state index is -0.517. The molecule has 0 unspecified atom stereocenters. The monoisotopic (exact) mass is 425 g/mol. The van der Waals surface area contributed by atoms with Crippen LogP contribution in [0.15, 0.2) is 66.9 Å². The molecule has 1 aliphatic heterocycles. The Morgan fingerprint density at radius 1 is 1.09 bits per heavy atom. The van der Waals surface area contributed by atoms with Gasteiger partial charge in [-0.2, -0.15) is 5.10 Å². The van der Waals surface area contributed by atoms with Crippen molar-refractivity contribution in [2.24, 2.45) is 5.73 Å². The van der Waals surface area contributed by atoms with E-state index in [4.69, 9.17) is 5.73 Å². The molecule has 0 radical (unpaired) electrons. The molecular weight excluding hydrogens is 398 g/mol. The van der Waals surface area contributed by atoms with Crippen LogP contribution in [0.3, 0.4) is 0 Å². The molecule has 0 atom stereocenters. The molecule has 3 heterocycles. The number of hydrogen-bond donors (Lipinski definition) is 2. The number of aryl methyl sites for hydroxylation is 1. The number of benzene rings is 2. The molecule has 6 nitrogen and oxygen atoms in total. The van der Waals surface area contributed by atoms with Crippen molar-refractivity contribution in [2.45, 2.75) is 26.3 Å². The number of rotatable bonds is 5. The molecule has 4 aromatic rings. The molecule has 162 valence electrons. The molecule has 0 aliphatic carbocycles. The summed E-state index contributed by atoms with van der Waals surface area (Å²) in [5.74, 6) is -0.517. The molecule has 2 aromatic heterocycles. The zero-order valence-corrected chi connectivity index (χ0v) is 18.2. The summed E-state index contributed by atoms with van der Waals surface area (Å²) in [6.45, 7) is 4.85. The van der Waals surface area contributed by atoms with Crippen LogP contribution >= 0.6 is 0 Å². The molecule has 1 aliphatic rings. The Morgan fingerprint density at radius 3 is 2.72 bits per heavy atom. The summed E-state index contributed by atoms with van der Waals surface area (Å²) in [5.41, 5.74) is 12.6. The van der Waals surface area contributed by atoms with Gasteiger partial charge in [-0.05, 0) is 79.9 Å². The van der Waals surface area contributed by atoms with Crippen molar-refractivity contribution < 1.29 is 4.79 Å². The average molecular weight is 426 g/mol. The number of nitrogens with one attached hydrogen (secondary N) is 1. The summed E-state index contributed by atoms with van der Waals surface area (Å²) in [6.07, 6.45) is 6.66. The van der Waals surface area contributed by atoms with Gasteiger partial charge in [0, 0.05) is 29.3 Å². The van der Waals surface area contributed by atoms with E-state index in [1.165, 1.54) is 16.7 Å². The Labute approximate surface area is 187 Å². The van der Waals surface area contributed by atoms with Gasteiger partial charge in [-0.25, -0.2) is 4.68 Å². The van der Waals surface area contributed by atoms with E-state index in [1.807, 2.05) is 13.0 Å². The summed E-state index contributed by atoms with van der Waals surface area (Å²) >= 11 is 0. The Kier molecular flexibility index (Phi) is 5.37. The standard InChI is InChI=1S/C26H27N5O/c1-18-15-24(26(27)32)29-31(18)23-8-9-25-22(16-23)11-14-30(25)17-19-4-6-21(7-5-19)20-3-2-12-28-13-10-20/h3-9,11,14-16,28H,2,10,12-13,17H2,1H3,(H2,27,32). The second kappa shape index (κ2) is 8.48. The molecule has 2 aromatic carbocycles. The first-order valence-corrected chi connectivity index (χ1v) is 11.0. The Morgan fingerprint density at radius 2 is 1.94 bits per heavy atom. The first kappa shape index (κ1) is 20.3. The van der Waals surface area contributed by atoms with Gasteiger partial charge >= 0.3 is 0 Å². The number of carbonyl (C=O) groups excluding carboxylic acids is 1. The molecule has 32 heavy (non-hydrogen) atoms. The molecule has 0 saturated carbocycles. The number of nitrogens with two attached hydrogens (primary N) is 1. The van der Waals surface area contributed by atoms with Crippen LogP contribution in [0.2, 0.25) is 0 Å². The fourth-order valence-electron chi connectivity index (χ4n) is 4.40. The van der Waals surface area contributed by atoms with Gasteiger partial charge in [0.2, 0.25) is 0 Å². The van der Waals surface area contributed by atoms with E-state index in [0.717, 1.165) is 54.8 Å². The van der Waals surface area contributed by atoms with Crippen molar-refractivity contribution in [1.82, 2.24) is 19.7 Å². The Bertz CT molecular complexity index is 1310. The fourth-order valence-corrected chi connectivity index (χ4v) is 4.40. The van der Waals surface area contributed by atoms with E-state index >= 15 is 0 Å². The maximum atomic E-state index is 11.5. The van der Waals surface area contributed by atoms with Crippen molar-refractivity contribution in [2.75, 3.05) is 13.1 Å². The van der Waals surface area contributed by atoms with Gasteiger partial charge in [-0.1, -0.05) is 30.3 Å². The van der Waals surface area contributed by atoms with Crippen molar-refractivity contribution in [1.29, 1.82) is 0 Å². The van der Waals surface area contributed by atoms with Crippen LogP contribution in [0, 0.1) is 6.92 Å². The van der Waals surface area contributed by atoms with E-state index in [-0.39, 0.29) is 5.69 Å². The fraction of sp³-hybridized carbons (Fsp3) is 0.231. The third-order valence-corrected chi connectivity index (χ3v) is 6.10. The summed E-state index contributed by atoms with van der Waals surface area (Å²) in [7, 11) is 0. The van der Waals surface area contributed by atoms with Crippen LogP contribution in [0.25, 0.3) is 22.2 Å². The van der Waals surface area contributed by atoms with E-state index in [1.54, 1.807) is 10.7 Å². The van der Waals surface area contributed by atoms with Gasteiger partial charge in [-0.3, -0.25) is 4.79 Å². The number of primary amides is 1. The van der Waals surface area contributed by atoms with Crippen LogP contribution in [0.5, 0.6) is 0 Å². The van der Waals surface area contributed by atoms with Crippen molar-refractivity contribution in [3.63, 3.8) is 0 Å². The first-order valence-electron chi connectivity index (χ1n) is 11.0. The lowest BCUT2D eigenvalue weighted by atomic mass is 10.0. The predicted molar refractivity (Wildman–Crippen MR) is 128 cm³/mol. The van der Waals surface area contributed by atoms with Gasteiger partial charge < -0.3 is 15.6 Å². The third kappa shape index (κ3) is 3.97. The molecule has 6 heteroatoms. The lowest BCUT2D eigenvalue weighted by Gasteiger charge is -2.10. The van der Waals surface area contributed by atoms with Crippen LogP contribution in [0.1, 0.15) is 40.2 Å². The number of carbonyl (C=O) groups is 1. The van der Waals surface area contributed by atoms with Crippen molar-refractivity contribution in [3.8, 4) is 5.69 Å². The lowest BCUT2D eigenvalue weighted by Crippen LogP contribution is -2.13. The largest absolute Gasteiger partial charge is 0.364 e. The van der Waals surface area contributed by atoms with Crippen molar-refractivity contribution >= 4 is 22.4 Å². The topological polar surface area (TPSA) is 77.9 Å². The van der Waals surface area contributed by atoms with Gasteiger partial charge in [-0.15, -0.1) is 0 Å². The van der Waals surface area contributed by atoms with Gasteiger partial charge in [0.15, 0.2) is 5.69 Å². The second-order valence-corrected chi connectivity index (χ2v) is 8.35. The Balaban J connectivity index is 1.37. The van der Waals surface area contributed by atoms with Gasteiger partial charge in [0.05, 0.1) is 5.69 Å². The number of fused-ring (bicyclic) bond motifs is 1. The van der Waals surface area contributed by atoms with Gasteiger partial charge in [0.1, 0.15) is 0 Å². The highest BCUT2D eigenvalue weighted by atomic mass is 16.1. The van der Waals surface area contributed by atoms with Crippen LogP contribution in [0.4, 0.5) is 0 Å². The van der Waals surface area contributed by atoms with Gasteiger partial charge in [0.25, 0.3) is 5.91 Å². The second-order valence-electron chi connectivity index (χ2n) is 8.35.